The fraction of sp³-hybridized carbons (Fsp3) is 0.235. The number of aryl methyl sites for hydroxylation is 1. The molecule has 3 aromatic heterocycles. The minimum atomic E-state index is -0.149. The number of hydrogen-bond donors (Lipinski definition) is 1. The van der Waals surface area contributed by atoms with Gasteiger partial charge in [-0.05, 0) is 23.1 Å². The van der Waals surface area contributed by atoms with Crippen molar-refractivity contribution < 1.29 is 9.90 Å². The lowest BCUT2D eigenvalue weighted by Crippen LogP contribution is -2.33. The third-order valence-electron chi connectivity index (χ3n) is 3.57. The number of aliphatic hydroxyl groups excluding tert-OH is 1. The molecule has 0 bridgehead atoms. The molecule has 6 nitrogen and oxygen atoms in total. The van der Waals surface area contributed by atoms with E-state index >= 15 is 0 Å². The van der Waals surface area contributed by atoms with Crippen LogP contribution in [-0.4, -0.2) is 43.8 Å². The lowest BCUT2D eigenvalue weighted by atomic mass is 10.1. The smallest absolute Gasteiger partial charge is 0.258 e. The molecule has 0 atom stereocenters. The van der Waals surface area contributed by atoms with E-state index in [1.165, 1.54) is 0 Å². The monoisotopic (exact) mass is 342 g/mol. The zero-order chi connectivity index (χ0) is 16.9. The molecule has 24 heavy (non-hydrogen) atoms. The van der Waals surface area contributed by atoms with Crippen LogP contribution in [0.4, 0.5) is 0 Å². The molecule has 0 spiro atoms. The van der Waals surface area contributed by atoms with Crippen LogP contribution in [0, 0.1) is 0 Å². The van der Waals surface area contributed by atoms with Crippen molar-refractivity contribution in [1.82, 2.24) is 19.7 Å². The molecule has 3 rings (SSSR count). The van der Waals surface area contributed by atoms with E-state index in [4.69, 9.17) is 0 Å². The molecule has 0 saturated heterocycles. The van der Waals surface area contributed by atoms with Crippen LogP contribution in [0.25, 0.3) is 10.6 Å². The van der Waals surface area contributed by atoms with E-state index in [1.807, 2.05) is 29.6 Å². The van der Waals surface area contributed by atoms with Gasteiger partial charge in [0, 0.05) is 38.7 Å². The number of rotatable bonds is 6. The third kappa shape index (κ3) is 3.52. The van der Waals surface area contributed by atoms with Crippen molar-refractivity contribution in [3.63, 3.8) is 0 Å². The predicted octanol–water partition coefficient (Wildman–Crippen LogP) is 2.18. The highest BCUT2D eigenvalue weighted by Gasteiger charge is 2.23. The van der Waals surface area contributed by atoms with E-state index in [0.29, 0.717) is 17.8 Å². The van der Waals surface area contributed by atoms with Crippen molar-refractivity contribution >= 4 is 17.2 Å². The average Bonchev–Trinajstić information content (AvgIpc) is 3.24. The summed E-state index contributed by atoms with van der Waals surface area (Å²) in [6.07, 6.45) is 5.14. The first-order valence-electron chi connectivity index (χ1n) is 7.55. The summed E-state index contributed by atoms with van der Waals surface area (Å²) in [7, 11) is 1.80. The average molecular weight is 342 g/mol. The normalized spacial score (nSPS) is 10.8. The molecule has 1 N–H and O–H groups in total. The number of thiophene rings is 1. The number of aliphatic hydroxyl groups is 1. The molecular formula is C17H18N4O2S. The van der Waals surface area contributed by atoms with Gasteiger partial charge in [-0.2, -0.15) is 5.10 Å². The van der Waals surface area contributed by atoms with Crippen molar-refractivity contribution in [3.05, 3.63) is 59.4 Å². The van der Waals surface area contributed by atoms with Crippen LogP contribution in [0.15, 0.2) is 48.2 Å². The first-order chi connectivity index (χ1) is 11.7. The van der Waals surface area contributed by atoms with Gasteiger partial charge in [-0.25, -0.2) is 0 Å². The van der Waals surface area contributed by atoms with E-state index in [0.717, 1.165) is 10.4 Å². The van der Waals surface area contributed by atoms with Gasteiger partial charge in [0.1, 0.15) is 5.69 Å². The quantitative estimate of drug-likeness (QED) is 0.745. The maximum absolute atomic E-state index is 13.0. The summed E-state index contributed by atoms with van der Waals surface area (Å²) >= 11 is 1.54. The van der Waals surface area contributed by atoms with Gasteiger partial charge in [0.25, 0.3) is 5.91 Å². The molecule has 0 aliphatic heterocycles. The molecule has 0 aliphatic carbocycles. The van der Waals surface area contributed by atoms with E-state index in [1.54, 1.807) is 46.6 Å². The minimum Gasteiger partial charge on any atom is -0.395 e. The zero-order valence-corrected chi connectivity index (χ0v) is 14.1. The number of hydrogen-bond acceptors (Lipinski definition) is 5. The Labute approximate surface area is 144 Å². The maximum Gasteiger partial charge on any atom is 0.258 e. The Bertz CT molecular complexity index is 799. The Morgan fingerprint density at radius 2 is 2.25 bits per heavy atom. The fourth-order valence-corrected chi connectivity index (χ4v) is 3.22. The van der Waals surface area contributed by atoms with E-state index in [-0.39, 0.29) is 19.1 Å². The van der Waals surface area contributed by atoms with E-state index < -0.39 is 0 Å². The largest absolute Gasteiger partial charge is 0.395 e. The molecule has 0 fully saturated rings. The van der Waals surface area contributed by atoms with Crippen LogP contribution in [0.2, 0.25) is 0 Å². The van der Waals surface area contributed by atoms with Gasteiger partial charge in [0.05, 0.1) is 17.0 Å². The molecule has 0 unspecified atom stereocenters. The molecule has 0 aromatic carbocycles. The lowest BCUT2D eigenvalue weighted by molar-refractivity contribution is 0.0708. The SMILES string of the molecule is Cn1cc(C(=O)N(CCO)Cc2cccnc2)c(-c2cccs2)n1. The van der Waals surface area contributed by atoms with Gasteiger partial charge in [-0.15, -0.1) is 11.3 Å². The second kappa shape index (κ2) is 7.37. The molecule has 3 heterocycles. The summed E-state index contributed by atoms with van der Waals surface area (Å²) in [5.74, 6) is -0.149. The van der Waals surface area contributed by atoms with Gasteiger partial charge in [0.15, 0.2) is 0 Å². The topological polar surface area (TPSA) is 71.2 Å². The second-order valence-electron chi connectivity index (χ2n) is 5.35. The van der Waals surface area contributed by atoms with Gasteiger partial charge < -0.3 is 10.0 Å². The molecule has 3 aromatic rings. The van der Waals surface area contributed by atoms with Gasteiger partial charge >= 0.3 is 0 Å². The Morgan fingerprint density at radius 1 is 1.38 bits per heavy atom. The highest BCUT2D eigenvalue weighted by Crippen LogP contribution is 2.27. The van der Waals surface area contributed by atoms with Crippen LogP contribution >= 0.6 is 11.3 Å². The lowest BCUT2D eigenvalue weighted by Gasteiger charge is -2.21. The molecule has 0 radical (unpaired) electrons. The summed E-state index contributed by atoms with van der Waals surface area (Å²) in [6, 6.07) is 7.62. The fourth-order valence-electron chi connectivity index (χ4n) is 2.50. The van der Waals surface area contributed by atoms with Crippen LogP contribution in [0.3, 0.4) is 0 Å². The Balaban J connectivity index is 1.91. The standard InChI is InChI=1S/C17H18N4O2S/c1-20-12-14(16(19-20)15-5-3-9-24-15)17(23)21(7-8-22)11-13-4-2-6-18-10-13/h2-6,9-10,12,22H,7-8,11H2,1H3. The third-order valence-corrected chi connectivity index (χ3v) is 4.44. The van der Waals surface area contributed by atoms with Gasteiger partial charge in [0.2, 0.25) is 0 Å². The first kappa shape index (κ1) is 16.4. The molecule has 0 saturated carbocycles. The molecular weight excluding hydrogens is 324 g/mol. The van der Waals surface area contributed by atoms with Crippen molar-refractivity contribution in [3.8, 4) is 10.6 Å². The number of aromatic nitrogens is 3. The van der Waals surface area contributed by atoms with Crippen LogP contribution in [0.1, 0.15) is 15.9 Å². The van der Waals surface area contributed by atoms with Crippen molar-refractivity contribution in [1.29, 1.82) is 0 Å². The number of carbonyl (C=O) groups is 1. The predicted molar refractivity (Wildman–Crippen MR) is 92.6 cm³/mol. The minimum absolute atomic E-state index is 0.0966. The van der Waals surface area contributed by atoms with Crippen LogP contribution in [0.5, 0.6) is 0 Å². The van der Waals surface area contributed by atoms with Crippen molar-refractivity contribution in [2.75, 3.05) is 13.2 Å². The van der Waals surface area contributed by atoms with Gasteiger partial charge in [-0.1, -0.05) is 12.1 Å². The van der Waals surface area contributed by atoms with Crippen LogP contribution in [-0.2, 0) is 13.6 Å². The van der Waals surface area contributed by atoms with Crippen molar-refractivity contribution in [2.45, 2.75) is 6.54 Å². The van der Waals surface area contributed by atoms with E-state index in [2.05, 4.69) is 10.1 Å². The second-order valence-corrected chi connectivity index (χ2v) is 6.30. The Kier molecular flexibility index (Phi) is 5.02. The highest BCUT2D eigenvalue weighted by molar-refractivity contribution is 7.13. The zero-order valence-electron chi connectivity index (χ0n) is 13.3. The molecule has 124 valence electrons. The van der Waals surface area contributed by atoms with Crippen molar-refractivity contribution in [2.24, 2.45) is 7.05 Å². The summed E-state index contributed by atoms with van der Waals surface area (Å²) < 4.78 is 1.64. The molecule has 1 amide bonds. The van der Waals surface area contributed by atoms with Crippen LogP contribution < -0.4 is 0 Å². The molecule has 7 heteroatoms. The molecule has 0 aliphatic rings. The summed E-state index contributed by atoms with van der Waals surface area (Å²) in [6.45, 7) is 0.555. The number of amides is 1. The van der Waals surface area contributed by atoms with E-state index in [9.17, 15) is 9.90 Å². The summed E-state index contributed by atoms with van der Waals surface area (Å²) in [4.78, 5) is 19.7. The Morgan fingerprint density at radius 3 is 2.92 bits per heavy atom. The summed E-state index contributed by atoms with van der Waals surface area (Å²) in [5, 5.41) is 15.7. The number of carbonyl (C=O) groups excluding carboxylic acids is 1. The van der Waals surface area contributed by atoms with Gasteiger partial charge in [-0.3, -0.25) is 14.5 Å². The maximum atomic E-state index is 13.0. The highest BCUT2D eigenvalue weighted by atomic mass is 32.1. The Hall–Kier alpha value is -2.51. The first-order valence-corrected chi connectivity index (χ1v) is 8.43. The summed E-state index contributed by atoms with van der Waals surface area (Å²) in [5.41, 5.74) is 2.13. The number of pyridine rings is 1. The number of nitrogens with zero attached hydrogens (tertiary/aromatic N) is 4.